The van der Waals surface area contributed by atoms with Gasteiger partial charge in [-0.25, -0.2) is 17.6 Å². The van der Waals surface area contributed by atoms with Crippen molar-refractivity contribution in [2.75, 3.05) is 31.5 Å². The summed E-state index contributed by atoms with van der Waals surface area (Å²) < 4.78 is 48.1. The molecular weight excluding hydrogens is 447 g/mol. The lowest BCUT2D eigenvalue weighted by Crippen LogP contribution is -2.22. The molecule has 2 N–H and O–H groups in total. The Labute approximate surface area is 193 Å². The minimum Gasteiger partial charge on any atom is -0.495 e. The van der Waals surface area contributed by atoms with Crippen LogP contribution in [-0.2, 0) is 10.0 Å². The number of carboxylic acids is 1. The van der Waals surface area contributed by atoms with E-state index in [4.69, 9.17) is 4.74 Å². The molecular formula is C24H29FN2O5S. The van der Waals surface area contributed by atoms with Crippen LogP contribution in [0.25, 0.3) is 6.08 Å². The molecule has 1 aliphatic rings. The van der Waals surface area contributed by atoms with Gasteiger partial charge in [0.05, 0.1) is 17.7 Å². The van der Waals surface area contributed by atoms with Gasteiger partial charge >= 0.3 is 5.97 Å². The van der Waals surface area contributed by atoms with Gasteiger partial charge in [-0.1, -0.05) is 32.1 Å². The molecule has 2 aromatic carbocycles. The molecule has 9 heteroatoms. The predicted octanol–water partition coefficient (Wildman–Crippen LogP) is 4.57. The van der Waals surface area contributed by atoms with E-state index in [-0.39, 0.29) is 33.4 Å². The van der Waals surface area contributed by atoms with Crippen LogP contribution in [0.1, 0.15) is 54.1 Å². The lowest BCUT2D eigenvalue weighted by atomic mass is 10.0. The first-order valence-electron chi connectivity index (χ1n) is 10.9. The summed E-state index contributed by atoms with van der Waals surface area (Å²) in [5.41, 5.74) is 0.574. The lowest BCUT2D eigenvalue weighted by molar-refractivity contribution is 0.0694. The second-order valence-corrected chi connectivity index (χ2v) is 9.52. The molecule has 0 saturated heterocycles. The Hall–Kier alpha value is -2.91. The van der Waals surface area contributed by atoms with Crippen LogP contribution in [-0.4, -0.2) is 51.1 Å². The van der Waals surface area contributed by atoms with Crippen molar-refractivity contribution in [2.24, 2.45) is 0 Å². The number of ether oxygens (including phenoxy) is 1. The topological polar surface area (TPSA) is 95.9 Å². The number of nitrogens with one attached hydrogen (secondary N) is 1. The van der Waals surface area contributed by atoms with Crippen molar-refractivity contribution in [3.8, 4) is 5.75 Å². The standard InChI is InChI=1S/C24H29FN2O5S/c1-4-27(5-2)14-6-7-17-15-18(25)10-13-21(17)33(30,31)26-20-12-11-19(16-8-9-16)23(32-3)22(20)24(28)29/h6-7,10-13,15-16,26H,4-5,8-9,14H2,1-3H3,(H,28,29). The number of benzene rings is 2. The molecule has 0 radical (unpaired) electrons. The molecule has 0 aromatic heterocycles. The number of hydrogen-bond acceptors (Lipinski definition) is 5. The molecule has 178 valence electrons. The molecule has 1 fully saturated rings. The third-order valence-corrected chi connectivity index (χ3v) is 7.12. The van der Waals surface area contributed by atoms with E-state index in [1.54, 1.807) is 18.2 Å². The maximum atomic E-state index is 13.9. The Morgan fingerprint density at radius 1 is 1.24 bits per heavy atom. The van der Waals surface area contributed by atoms with E-state index in [0.717, 1.165) is 43.6 Å². The molecule has 0 atom stereocenters. The van der Waals surface area contributed by atoms with E-state index in [9.17, 15) is 22.7 Å². The number of sulfonamides is 1. The second kappa shape index (κ2) is 10.4. The van der Waals surface area contributed by atoms with Crippen molar-refractivity contribution >= 4 is 27.8 Å². The number of methoxy groups -OCH3 is 1. The molecule has 0 heterocycles. The van der Waals surface area contributed by atoms with Gasteiger partial charge in [-0.2, -0.15) is 0 Å². The summed E-state index contributed by atoms with van der Waals surface area (Å²) in [7, 11) is -2.86. The second-order valence-electron chi connectivity index (χ2n) is 7.87. The van der Waals surface area contributed by atoms with Gasteiger partial charge in [0.1, 0.15) is 17.1 Å². The number of carbonyl (C=O) groups is 1. The van der Waals surface area contributed by atoms with Crippen LogP contribution in [0.3, 0.4) is 0 Å². The number of rotatable bonds is 11. The van der Waals surface area contributed by atoms with Crippen molar-refractivity contribution < 1.29 is 27.4 Å². The van der Waals surface area contributed by atoms with E-state index >= 15 is 0 Å². The molecule has 3 rings (SSSR count). The predicted molar refractivity (Wildman–Crippen MR) is 126 cm³/mol. The summed E-state index contributed by atoms with van der Waals surface area (Å²) >= 11 is 0. The number of carboxylic acid groups (broad SMARTS) is 1. The van der Waals surface area contributed by atoms with Crippen molar-refractivity contribution in [2.45, 2.75) is 37.5 Å². The van der Waals surface area contributed by atoms with Gasteiger partial charge in [0.15, 0.2) is 0 Å². The molecule has 0 unspecified atom stereocenters. The molecule has 0 bridgehead atoms. The highest BCUT2D eigenvalue weighted by atomic mass is 32.2. The normalized spacial score (nSPS) is 14.1. The Morgan fingerprint density at radius 2 is 1.94 bits per heavy atom. The van der Waals surface area contributed by atoms with Gasteiger partial charge < -0.3 is 14.7 Å². The first kappa shape index (κ1) is 24.7. The third-order valence-electron chi connectivity index (χ3n) is 5.68. The van der Waals surface area contributed by atoms with E-state index in [2.05, 4.69) is 9.62 Å². The SMILES string of the molecule is CCN(CC)CC=Cc1cc(F)ccc1S(=O)(=O)Nc1ccc(C2CC2)c(OC)c1C(=O)O. The molecule has 7 nitrogen and oxygen atoms in total. The zero-order valence-corrected chi connectivity index (χ0v) is 19.8. The smallest absolute Gasteiger partial charge is 0.341 e. The first-order valence-corrected chi connectivity index (χ1v) is 12.4. The Kier molecular flexibility index (Phi) is 7.76. The molecule has 33 heavy (non-hydrogen) atoms. The Balaban J connectivity index is 1.99. The van der Waals surface area contributed by atoms with Crippen LogP contribution in [0.15, 0.2) is 41.3 Å². The summed E-state index contributed by atoms with van der Waals surface area (Å²) in [5, 5.41) is 9.80. The monoisotopic (exact) mass is 476 g/mol. The van der Waals surface area contributed by atoms with Gasteiger partial charge in [-0.15, -0.1) is 0 Å². The summed E-state index contributed by atoms with van der Waals surface area (Å²) in [4.78, 5) is 14.0. The molecule has 0 spiro atoms. The van der Waals surface area contributed by atoms with E-state index in [0.29, 0.717) is 6.54 Å². The van der Waals surface area contributed by atoms with Crippen molar-refractivity contribution in [1.82, 2.24) is 4.90 Å². The molecule has 2 aromatic rings. The van der Waals surface area contributed by atoms with Crippen LogP contribution < -0.4 is 9.46 Å². The zero-order chi connectivity index (χ0) is 24.2. The lowest BCUT2D eigenvalue weighted by Gasteiger charge is -2.17. The fourth-order valence-electron chi connectivity index (χ4n) is 3.74. The first-order chi connectivity index (χ1) is 15.7. The van der Waals surface area contributed by atoms with Crippen molar-refractivity contribution in [3.05, 3.63) is 58.9 Å². The fraction of sp³-hybridized carbons (Fsp3) is 0.375. The summed E-state index contributed by atoms with van der Waals surface area (Å²) in [6, 6.07) is 6.51. The van der Waals surface area contributed by atoms with Gasteiger partial charge in [0.25, 0.3) is 10.0 Å². The van der Waals surface area contributed by atoms with Gasteiger partial charge in [-0.05, 0) is 67.2 Å². The molecule has 0 amide bonds. The summed E-state index contributed by atoms with van der Waals surface area (Å²) in [6.45, 7) is 6.27. The van der Waals surface area contributed by atoms with Crippen LogP contribution in [0.2, 0.25) is 0 Å². The Morgan fingerprint density at radius 3 is 2.52 bits per heavy atom. The van der Waals surface area contributed by atoms with Crippen LogP contribution >= 0.6 is 0 Å². The highest BCUT2D eigenvalue weighted by molar-refractivity contribution is 7.92. The van der Waals surface area contributed by atoms with Gasteiger partial charge in [-0.3, -0.25) is 4.72 Å². The third kappa shape index (κ3) is 5.72. The molecule has 0 aliphatic heterocycles. The largest absolute Gasteiger partial charge is 0.495 e. The van der Waals surface area contributed by atoms with Crippen LogP contribution in [0.4, 0.5) is 10.1 Å². The number of halogens is 1. The average molecular weight is 477 g/mol. The maximum absolute atomic E-state index is 13.9. The molecule has 1 aliphatic carbocycles. The highest BCUT2D eigenvalue weighted by Gasteiger charge is 2.32. The minimum atomic E-state index is -4.22. The zero-order valence-electron chi connectivity index (χ0n) is 19.0. The number of hydrogen-bond donors (Lipinski definition) is 2. The minimum absolute atomic E-state index is 0.105. The van der Waals surface area contributed by atoms with E-state index < -0.39 is 21.8 Å². The summed E-state index contributed by atoms with van der Waals surface area (Å²) in [6.07, 6.45) is 5.19. The van der Waals surface area contributed by atoms with E-state index in [1.165, 1.54) is 19.2 Å². The number of nitrogens with zero attached hydrogens (tertiary/aromatic N) is 1. The highest BCUT2D eigenvalue weighted by Crippen LogP contribution is 2.47. The number of aromatic carboxylic acids is 1. The summed E-state index contributed by atoms with van der Waals surface area (Å²) in [5.74, 6) is -1.50. The van der Waals surface area contributed by atoms with Crippen LogP contribution in [0, 0.1) is 5.82 Å². The van der Waals surface area contributed by atoms with E-state index in [1.807, 2.05) is 13.8 Å². The number of anilines is 1. The quantitative estimate of drug-likeness (QED) is 0.493. The maximum Gasteiger partial charge on any atom is 0.341 e. The van der Waals surface area contributed by atoms with Crippen LogP contribution in [0.5, 0.6) is 5.75 Å². The fourth-order valence-corrected chi connectivity index (χ4v) is 4.99. The van der Waals surface area contributed by atoms with Gasteiger partial charge in [0, 0.05) is 6.54 Å². The van der Waals surface area contributed by atoms with Crippen molar-refractivity contribution in [1.29, 1.82) is 0 Å². The molecule has 1 saturated carbocycles. The average Bonchev–Trinajstić information content (AvgIpc) is 3.61. The Bertz CT molecular complexity index is 1160. The van der Waals surface area contributed by atoms with Crippen molar-refractivity contribution in [3.63, 3.8) is 0 Å². The number of likely N-dealkylation sites (N-methyl/N-ethyl adjacent to an activating group) is 1. The van der Waals surface area contributed by atoms with Gasteiger partial charge in [0.2, 0.25) is 0 Å².